The second-order valence-electron chi connectivity index (χ2n) is 3.44. The quantitative estimate of drug-likeness (QED) is 0.779. The summed E-state index contributed by atoms with van der Waals surface area (Å²) in [6.07, 6.45) is 3.23. The number of halogens is 1. The second-order valence-corrected chi connectivity index (χ2v) is 6.58. The van der Waals surface area contributed by atoms with Crippen molar-refractivity contribution in [2.24, 2.45) is 10.9 Å². The zero-order chi connectivity index (χ0) is 10.2. The molecule has 1 saturated heterocycles. The van der Waals surface area contributed by atoms with Crippen LogP contribution in [0.25, 0.3) is 0 Å². The van der Waals surface area contributed by atoms with Crippen LogP contribution in [-0.4, -0.2) is 25.5 Å². The van der Waals surface area contributed by atoms with Gasteiger partial charge in [-0.25, -0.2) is 13.4 Å². The first kappa shape index (κ1) is 10.3. The molecule has 4 nitrogen and oxygen atoms in total. The Morgan fingerprint density at radius 1 is 1.43 bits per heavy atom. The Kier molecular flexibility index (Phi) is 2.77. The molecule has 14 heavy (non-hydrogen) atoms. The normalized spacial score (nSPS) is 27.2. The molecule has 0 aromatic carbocycles. The predicted octanol–water partition coefficient (Wildman–Crippen LogP) is 1.01. The maximum Gasteiger partial charge on any atom is 0.228 e. The lowest BCUT2D eigenvalue weighted by Gasteiger charge is -2.22. The third kappa shape index (κ3) is 1.66. The number of rotatable bonds is 1. The van der Waals surface area contributed by atoms with Crippen LogP contribution in [0.1, 0.15) is 12.8 Å². The standard InChI is InChI=1S/C8H11BrN2O2S/c9-8-11-5-7(14(8,12)13)6-1-3-10-4-2-6/h5-6,10H,1-4H2. The highest BCUT2D eigenvalue weighted by Crippen LogP contribution is 2.31. The molecule has 2 rings (SSSR count). The molecule has 78 valence electrons. The molecule has 0 aliphatic carbocycles. The topological polar surface area (TPSA) is 58.5 Å². The fourth-order valence-electron chi connectivity index (χ4n) is 1.78. The van der Waals surface area contributed by atoms with E-state index in [1.165, 1.54) is 6.20 Å². The number of piperidine rings is 1. The van der Waals surface area contributed by atoms with Gasteiger partial charge in [0, 0.05) is 6.20 Å². The average Bonchev–Trinajstić information content (AvgIpc) is 2.44. The highest BCUT2D eigenvalue weighted by atomic mass is 79.9. The Labute approximate surface area is 91.5 Å². The molecule has 0 saturated carbocycles. The van der Waals surface area contributed by atoms with Crippen molar-refractivity contribution in [3.8, 4) is 0 Å². The van der Waals surface area contributed by atoms with Crippen LogP contribution in [0, 0.1) is 5.92 Å². The Morgan fingerprint density at radius 3 is 2.57 bits per heavy atom. The average molecular weight is 279 g/mol. The number of hydrogen-bond acceptors (Lipinski definition) is 4. The van der Waals surface area contributed by atoms with E-state index in [9.17, 15) is 8.42 Å². The molecule has 0 aromatic rings. The smallest absolute Gasteiger partial charge is 0.228 e. The molecular formula is C8H11BrN2O2S. The molecule has 2 aliphatic rings. The van der Waals surface area contributed by atoms with Gasteiger partial charge in [0.15, 0.2) is 0 Å². The molecular weight excluding hydrogens is 268 g/mol. The summed E-state index contributed by atoms with van der Waals surface area (Å²) in [4.78, 5) is 4.29. The van der Waals surface area contributed by atoms with Crippen LogP contribution in [0.2, 0.25) is 0 Å². The zero-order valence-corrected chi connectivity index (χ0v) is 9.94. The van der Waals surface area contributed by atoms with E-state index in [2.05, 4.69) is 26.2 Å². The molecule has 0 radical (unpaired) electrons. The molecule has 0 spiro atoms. The molecule has 0 bridgehead atoms. The third-order valence-electron chi connectivity index (χ3n) is 2.57. The molecule has 1 fully saturated rings. The van der Waals surface area contributed by atoms with Gasteiger partial charge in [-0.2, -0.15) is 0 Å². The lowest BCUT2D eigenvalue weighted by Crippen LogP contribution is -2.30. The number of aliphatic imine (C=N–C) groups is 1. The van der Waals surface area contributed by atoms with E-state index in [-0.39, 0.29) is 9.87 Å². The summed E-state index contributed by atoms with van der Waals surface area (Å²) in [6, 6.07) is 0. The molecule has 0 atom stereocenters. The van der Waals surface area contributed by atoms with Gasteiger partial charge in [-0.1, -0.05) is 0 Å². The van der Waals surface area contributed by atoms with E-state index in [1.54, 1.807) is 0 Å². The minimum atomic E-state index is -3.27. The van der Waals surface area contributed by atoms with E-state index in [4.69, 9.17) is 0 Å². The predicted molar refractivity (Wildman–Crippen MR) is 59.0 cm³/mol. The Hall–Kier alpha value is -0.200. The van der Waals surface area contributed by atoms with Crippen molar-refractivity contribution in [2.75, 3.05) is 13.1 Å². The van der Waals surface area contributed by atoms with Crippen molar-refractivity contribution >= 4 is 29.7 Å². The number of allylic oxidation sites excluding steroid dienone is 1. The van der Waals surface area contributed by atoms with E-state index >= 15 is 0 Å². The molecule has 0 aromatic heterocycles. The number of hydrogen-bond donors (Lipinski definition) is 1. The van der Waals surface area contributed by atoms with Gasteiger partial charge in [0.1, 0.15) is 0 Å². The maximum atomic E-state index is 11.7. The van der Waals surface area contributed by atoms with Crippen molar-refractivity contribution in [3.05, 3.63) is 11.1 Å². The minimum Gasteiger partial charge on any atom is -0.317 e. The summed E-state index contributed by atoms with van der Waals surface area (Å²) in [7, 11) is -3.27. The highest BCUT2D eigenvalue weighted by molar-refractivity contribution is 9.21. The zero-order valence-electron chi connectivity index (χ0n) is 7.53. The Bertz CT molecular complexity index is 394. The number of sulfone groups is 1. The molecule has 2 heterocycles. The molecule has 0 unspecified atom stereocenters. The highest BCUT2D eigenvalue weighted by Gasteiger charge is 2.33. The van der Waals surface area contributed by atoms with Crippen LogP contribution < -0.4 is 5.32 Å². The summed E-state index contributed by atoms with van der Waals surface area (Å²) in [5.41, 5.74) is 0. The van der Waals surface area contributed by atoms with Gasteiger partial charge in [0.25, 0.3) is 0 Å². The maximum absolute atomic E-state index is 11.7. The Morgan fingerprint density at radius 2 is 2.07 bits per heavy atom. The summed E-state index contributed by atoms with van der Waals surface area (Å²) >= 11 is 2.96. The van der Waals surface area contributed by atoms with Gasteiger partial charge in [-0.05, 0) is 47.8 Å². The van der Waals surface area contributed by atoms with Crippen LogP contribution in [-0.2, 0) is 9.84 Å². The summed E-state index contributed by atoms with van der Waals surface area (Å²) in [5.74, 6) is 0.139. The van der Waals surface area contributed by atoms with Gasteiger partial charge < -0.3 is 5.32 Å². The first-order valence-corrected chi connectivity index (χ1v) is 6.79. The first-order valence-electron chi connectivity index (χ1n) is 4.51. The van der Waals surface area contributed by atoms with Crippen LogP contribution >= 0.6 is 15.9 Å². The van der Waals surface area contributed by atoms with Crippen molar-refractivity contribution < 1.29 is 8.42 Å². The van der Waals surface area contributed by atoms with Crippen molar-refractivity contribution in [1.29, 1.82) is 0 Å². The summed E-state index contributed by atoms with van der Waals surface area (Å²) in [5, 5.41) is 3.21. The van der Waals surface area contributed by atoms with E-state index < -0.39 is 9.84 Å². The van der Waals surface area contributed by atoms with E-state index in [0.29, 0.717) is 4.91 Å². The number of nitrogens with zero attached hydrogens (tertiary/aromatic N) is 1. The molecule has 1 N–H and O–H groups in total. The largest absolute Gasteiger partial charge is 0.317 e. The van der Waals surface area contributed by atoms with Crippen LogP contribution in [0.5, 0.6) is 0 Å². The van der Waals surface area contributed by atoms with E-state index in [1.807, 2.05) is 0 Å². The summed E-state index contributed by atoms with van der Waals surface area (Å²) < 4.78 is 23.5. The molecule has 0 amide bonds. The fraction of sp³-hybridized carbons (Fsp3) is 0.625. The monoisotopic (exact) mass is 278 g/mol. The van der Waals surface area contributed by atoms with E-state index in [0.717, 1.165) is 25.9 Å². The molecule has 6 heteroatoms. The lowest BCUT2D eigenvalue weighted by atomic mass is 9.98. The number of nitrogens with one attached hydrogen (secondary N) is 1. The van der Waals surface area contributed by atoms with Crippen molar-refractivity contribution in [1.82, 2.24) is 5.32 Å². The first-order chi connectivity index (χ1) is 6.62. The Balaban J connectivity index is 2.22. The van der Waals surface area contributed by atoms with Gasteiger partial charge in [-0.3, -0.25) is 0 Å². The molecule has 2 aliphatic heterocycles. The lowest BCUT2D eigenvalue weighted by molar-refractivity contribution is 0.428. The van der Waals surface area contributed by atoms with Gasteiger partial charge >= 0.3 is 0 Å². The van der Waals surface area contributed by atoms with Crippen LogP contribution in [0.15, 0.2) is 16.1 Å². The van der Waals surface area contributed by atoms with Crippen molar-refractivity contribution in [2.45, 2.75) is 12.8 Å². The minimum absolute atomic E-state index is 0.0542. The SMILES string of the molecule is O=S1(=O)C(C2CCNCC2)=CN=C1Br. The van der Waals surface area contributed by atoms with Crippen molar-refractivity contribution in [3.63, 3.8) is 0 Å². The fourth-order valence-corrected chi connectivity index (χ4v) is 3.70. The van der Waals surface area contributed by atoms with Gasteiger partial charge in [0.2, 0.25) is 13.8 Å². The summed E-state index contributed by atoms with van der Waals surface area (Å²) in [6.45, 7) is 1.77. The van der Waals surface area contributed by atoms with Gasteiger partial charge in [-0.15, -0.1) is 0 Å². The van der Waals surface area contributed by atoms with Crippen LogP contribution in [0.4, 0.5) is 0 Å². The van der Waals surface area contributed by atoms with Gasteiger partial charge in [0.05, 0.1) is 4.91 Å². The third-order valence-corrected chi connectivity index (χ3v) is 5.66. The second kappa shape index (κ2) is 3.75. The van der Waals surface area contributed by atoms with Crippen LogP contribution in [0.3, 0.4) is 0 Å².